The Morgan fingerprint density at radius 1 is 0.964 bits per heavy atom. The van der Waals surface area contributed by atoms with Crippen LogP contribution >= 0.6 is 23.2 Å². The number of morpholine rings is 1. The SMILES string of the molecule is O=C(O[C@@H](Cc1c(Cl)c[n+]([O-])cc1Cl)c1ccc(OC(F)F)c(OCC2CC2)c1)c1ccc(OCc2ccccc2)c(NS(=O)(=O)CCCN2CCOCC2)c1. The summed E-state index contributed by atoms with van der Waals surface area (Å²) in [5.41, 5.74) is 1.43. The molecule has 56 heavy (non-hydrogen) atoms. The van der Waals surface area contributed by atoms with Gasteiger partial charge in [0.05, 0.1) is 36.8 Å². The van der Waals surface area contributed by atoms with Gasteiger partial charge >= 0.3 is 12.6 Å². The first-order valence-corrected chi connectivity index (χ1v) is 20.4. The van der Waals surface area contributed by atoms with Crippen LogP contribution in [0.4, 0.5) is 14.5 Å². The van der Waals surface area contributed by atoms with E-state index in [1.165, 1.54) is 36.4 Å². The number of nitrogens with zero attached hydrogens (tertiary/aromatic N) is 2. The Morgan fingerprint density at radius 3 is 2.38 bits per heavy atom. The highest BCUT2D eigenvalue weighted by Crippen LogP contribution is 2.38. The predicted molar refractivity (Wildman–Crippen MR) is 205 cm³/mol. The smallest absolute Gasteiger partial charge is 0.387 e. The number of ether oxygens (including phenoxy) is 5. The zero-order valence-electron chi connectivity index (χ0n) is 30.2. The van der Waals surface area contributed by atoms with Crippen LogP contribution in [0.3, 0.4) is 0 Å². The molecule has 0 unspecified atom stereocenters. The number of aromatic nitrogens is 1. The zero-order valence-corrected chi connectivity index (χ0v) is 32.5. The molecule has 0 bridgehead atoms. The maximum Gasteiger partial charge on any atom is 0.387 e. The van der Waals surface area contributed by atoms with Gasteiger partial charge in [0.2, 0.25) is 10.0 Å². The number of halogens is 4. The van der Waals surface area contributed by atoms with E-state index < -0.39 is 28.7 Å². The Balaban J connectivity index is 1.28. The fraction of sp³-hybridized carbons (Fsp3) is 0.385. The van der Waals surface area contributed by atoms with E-state index in [1.807, 2.05) is 30.3 Å². The second-order valence-electron chi connectivity index (χ2n) is 13.4. The van der Waals surface area contributed by atoms with Gasteiger partial charge in [-0.3, -0.25) is 9.62 Å². The second kappa shape index (κ2) is 19.2. The number of pyridine rings is 1. The summed E-state index contributed by atoms with van der Waals surface area (Å²) in [6, 6.07) is 17.7. The highest BCUT2D eigenvalue weighted by molar-refractivity contribution is 7.92. The fourth-order valence-corrected chi connectivity index (χ4v) is 7.68. The molecule has 0 spiro atoms. The molecule has 1 N–H and O–H groups in total. The van der Waals surface area contributed by atoms with Crippen molar-refractivity contribution < 1.29 is 50.4 Å². The lowest BCUT2D eigenvalue weighted by molar-refractivity contribution is -0.605. The standard InChI is InChI=1S/C39H41Cl2F2N3O9S/c40-31-22-46(48)23-32(41)30(31)21-36(28-9-12-35(55-39(42)43)37(20-28)53-25-27-7-8-27)54-38(47)29-10-11-34(52-24-26-5-2-1-3-6-26)33(19-29)44-56(49,50)18-4-13-45-14-16-51-17-15-45/h1-3,5-6,9-12,19-20,22-23,27,36,39,44H,4,7-8,13-18,21,24-25H2/t36-/m0/s1. The van der Waals surface area contributed by atoms with Crippen LogP contribution in [0.25, 0.3) is 0 Å². The van der Waals surface area contributed by atoms with E-state index in [0.717, 1.165) is 43.9 Å². The van der Waals surface area contributed by atoms with Crippen molar-refractivity contribution in [2.24, 2.45) is 5.92 Å². The number of benzene rings is 3. The number of carbonyl (C=O) groups excluding carboxylic acids is 1. The summed E-state index contributed by atoms with van der Waals surface area (Å²) in [6.07, 6.45) is 3.15. The number of anilines is 1. The van der Waals surface area contributed by atoms with Crippen LogP contribution in [0.2, 0.25) is 10.0 Å². The average Bonchev–Trinajstić information content (AvgIpc) is 4.00. The number of hydrogen-bond acceptors (Lipinski definition) is 10. The van der Waals surface area contributed by atoms with E-state index in [4.69, 9.17) is 46.9 Å². The van der Waals surface area contributed by atoms with Crippen molar-refractivity contribution in [2.75, 3.05) is 49.9 Å². The van der Waals surface area contributed by atoms with Crippen LogP contribution in [0.1, 0.15) is 52.4 Å². The number of carbonyl (C=O) groups is 1. The molecule has 0 radical (unpaired) electrons. The first kappa shape index (κ1) is 41.2. The molecule has 1 atom stereocenters. The van der Waals surface area contributed by atoms with Crippen molar-refractivity contribution in [3.05, 3.63) is 117 Å². The molecule has 6 rings (SSSR count). The number of rotatable bonds is 19. The zero-order chi connectivity index (χ0) is 39.7. The van der Waals surface area contributed by atoms with Crippen LogP contribution in [-0.4, -0.2) is 71.1 Å². The van der Waals surface area contributed by atoms with Gasteiger partial charge in [-0.25, -0.2) is 13.2 Å². The van der Waals surface area contributed by atoms with Gasteiger partial charge in [-0.15, -0.1) is 0 Å². The molecule has 3 aromatic carbocycles. The number of sulfonamides is 1. The van der Waals surface area contributed by atoms with Crippen molar-refractivity contribution in [2.45, 2.75) is 45.0 Å². The summed E-state index contributed by atoms with van der Waals surface area (Å²) in [6.45, 7) is 0.484. The van der Waals surface area contributed by atoms with E-state index >= 15 is 0 Å². The Kier molecular flexibility index (Phi) is 14.1. The van der Waals surface area contributed by atoms with E-state index in [-0.39, 0.29) is 75.4 Å². The molecular weight excluding hydrogens is 795 g/mol. The van der Waals surface area contributed by atoms with E-state index in [0.29, 0.717) is 36.5 Å². The summed E-state index contributed by atoms with van der Waals surface area (Å²) >= 11 is 12.8. The third-order valence-electron chi connectivity index (χ3n) is 9.13. The number of hydrogen-bond donors (Lipinski definition) is 1. The lowest BCUT2D eigenvalue weighted by atomic mass is 10.0. The molecule has 2 aliphatic rings. The normalized spacial score (nSPS) is 15.3. The Morgan fingerprint density at radius 2 is 1.68 bits per heavy atom. The van der Waals surface area contributed by atoms with Crippen LogP contribution < -0.4 is 23.7 Å². The van der Waals surface area contributed by atoms with Crippen molar-refractivity contribution in [3.8, 4) is 17.2 Å². The Labute approximate surface area is 333 Å². The minimum atomic E-state index is -3.90. The fourth-order valence-electron chi connectivity index (χ4n) is 5.98. The largest absolute Gasteiger partial charge is 0.619 e. The van der Waals surface area contributed by atoms with Crippen molar-refractivity contribution in [3.63, 3.8) is 0 Å². The molecule has 1 saturated heterocycles. The maximum absolute atomic E-state index is 14.0. The Hall–Kier alpha value is -4.41. The van der Waals surface area contributed by atoms with E-state index in [2.05, 4.69) is 9.62 Å². The van der Waals surface area contributed by atoms with Gasteiger partial charge in [0.25, 0.3) is 0 Å². The summed E-state index contributed by atoms with van der Waals surface area (Å²) < 4.78 is 84.4. The van der Waals surface area contributed by atoms with Gasteiger partial charge in [-0.05, 0) is 73.2 Å². The van der Waals surface area contributed by atoms with Crippen LogP contribution in [0.5, 0.6) is 17.2 Å². The topological polar surface area (TPSA) is 140 Å². The highest BCUT2D eigenvalue weighted by atomic mass is 35.5. The monoisotopic (exact) mass is 835 g/mol. The molecule has 1 aromatic heterocycles. The molecule has 12 nitrogen and oxygen atoms in total. The second-order valence-corrected chi connectivity index (χ2v) is 16.1. The van der Waals surface area contributed by atoms with E-state index in [9.17, 15) is 27.2 Å². The van der Waals surface area contributed by atoms with Gasteiger partial charge in [-0.2, -0.15) is 13.5 Å². The van der Waals surface area contributed by atoms with Crippen molar-refractivity contribution in [1.82, 2.24) is 4.90 Å². The minimum Gasteiger partial charge on any atom is -0.619 e. The van der Waals surface area contributed by atoms with Crippen molar-refractivity contribution >= 4 is 44.9 Å². The average molecular weight is 837 g/mol. The van der Waals surface area contributed by atoms with Crippen molar-refractivity contribution in [1.29, 1.82) is 0 Å². The molecule has 17 heteroatoms. The molecule has 0 amide bonds. The predicted octanol–water partition coefficient (Wildman–Crippen LogP) is 7.20. The van der Waals surface area contributed by atoms with Gasteiger partial charge in [0.15, 0.2) is 23.9 Å². The summed E-state index contributed by atoms with van der Waals surface area (Å²) in [5.74, 6) is -0.776. The summed E-state index contributed by atoms with van der Waals surface area (Å²) in [7, 11) is -3.90. The molecule has 2 heterocycles. The molecule has 1 saturated carbocycles. The number of nitrogens with one attached hydrogen (secondary N) is 1. The lowest BCUT2D eigenvalue weighted by Gasteiger charge is -2.26. The maximum atomic E-state index is 14.0. The van der Waals surface area contributed by atoms with Gasteiger partial charge in [0.1, 0.15) is 28.5 Å². The summed E-state index contributed by atoms with van der Waals surface area (Å²) in [5, 5.41) is 12.0. The third kappa shape index (κ3) is 12.0. The summed E-state index contributed by atoms with van der Waals surface area (Å²) in [4.78, 5) is 16.1. The molecule has 300 valence electrons. The van der Waals surface area contributed by atoms with Gasteiger partial charge in [0, 0.05) is 25.1 Å². The van der Waals surface area contributed by atoms with Gasteiger partial charge in [-0.1, -0.05) is 59.6 Å². The molecule has 4 aromatic rings. The first-order valence-electron chi connectivity index (χ1n) is 18.0. The van der Waals surface area contributed by atoms with Crippen LogP contribution in [0, 0.1) is 11.1 Å². The number of esters is 1. The van der Waals surface area contributed by atoms with Crippen LogP contribution in [-0.2, 0) is 32.5 Å². The van der Waals surface area contributed by atoms with Crippen LogP contribution in [0.15, 0.2) is 79.1 Å². The molecular formula is C39H41Cl2F2N3O9S. The Bertz CT molecular complexity index is 2050. The molecule has 1 aliphatic heterocycles. The highest BCUT2D eigenvalue weighted by Gasteiger charge is 2.28. The number of alkyl halides is 2. The lowest BCUT2D eigenvalue weighted by Crippen LogP contribution is -2.37. The van der Waals surface area contributed by atoms with Gasteiger partial charge < -0.3 is 28.9 Å². The van der Waals surface area contributed by atoms with E-state index in [1.54, 1.807) is 0 Å². The first-order chi connectivity index (χ1) is 26.9. The third-order valence-corrected chi connectivity index (χ3v) is 11.1. The minimum absolute atomic E-state index is 0.00152. The molecule has 1 aliphatic carbocycles. The quantitative estimate of drug-likeness (QED) is 0.0586. The molecule has 2 fully saturated rings.